The zero-order valence-corrected chi connectivity index (χ0v) is 12.3. The highest BCUT2D eigenvalue weighted by atomic mass is 16.5. The summed E-state index contributed by atoms with van der Waals surface area (Å²) in [6, 6.07) is 9.44. The molecule has 2 heteroatoms. The number of benzene rings is 1. The molecule has 0 atom stereocenters. The number of methoxy groups -OCH3 is 1. The molecule has 19 heavy (non-hydrogen) atoms. The molecule has 0 bridgehead atoms. The minimum Gasteiger partial charge on any atom is -0.497 e. The van der Waals surface area contributed by atoms with Gasteiger partial charge in [0.15, 0.2) is 0 Å². The predicted octanol–water partition coefficient (Wildman–Crippen LogP) is 3.51. The summed E-state index contributed by atoms with van der Waals surface area (Å²) in [4.78, 5) is 0. The average Bonchev–Trinajstić information content (AvgIpc) is 3.17. The van der Waals surface area contributed by atoms with Crippen molar-refractivity contribution in [3.63, 3.8) is 0 Å². The molecular formula is C17H25NO. The van der Waals surface area contributed by atoms with Crippen LogP contribution >= 0.6 is 0 Å². The van der Waals surface area contributed by atoms with Crippen molar-refractivity contribution in [3.05, 3.63) is 29.8 Å². The van der Waals surface area contributed by atoms with E-state index in [0.717, 1.165) is 18.3 Å². The van der Waals surface area contributed by atoms with Crippen LogP contribution in [0.2, 0.25) is 0 Å². The maximum absolute atomic E-state index is 5.39. The molecule has 0 amide bonds. The second-order valence-corrected chi connectivity index (χ2v) is 7.19. The predicted molar refractivity (Wildman–Crippen MR) is 78.7 cm³/mol. The maximum Gasteiger partial charge on any atom is 0.119 e. The van der Waals surface area contributed by atoms with Crippen LogP contribution in [0.5, 0.6) is 5.75 Å². The molecule has 0 unspecified atom stereocenters. The van der Waals surface area contributed by atoms with Crippen LogP contribution in [0.15, 0.2) is 24.3 Å². The molecule has 0 radical (unpaired) electrons. The van der Waals surface area contributed by atoms with Gasteiger partial charge in [-0.3, -0.25) is 0 Å². The van der Waals surface area contributed by atoms with Crippen molar-refractivity contribution in [3.8, 4) is 5.75 Å². The molecule has 2 nitrogen and oxygen atoms in total. The Morgan fingerprint density at radius 1 is 1.26 bits per heavy atom. The Bertz CT molecular complexity index is 454. The minimum atomic E-state index is 0.320. The van der Waals surface area contributed by atoms with E-state index in [4.69, 9.17) is 4.74 Å². The molecule has 1 aromatic rings. The lowest BCUT2D eigenvalue weighted by Crippen LogP contribution is -2.52. The second-order valence-electron chi connectivity index (χ2n) is 7.19. The molecule has 104 valence electrons. The van der Waals surface area contributed by atoms with E-state index in [1.807, 2.05) is 6.07 Å². The van der Waals surface area contributed by atoms with E-state index in [1.54, 1.807) is 7.11 Å². The quantitative estimate of drug-likeness (QED) is 0.873. The van der Waals surface area contributed by atoms with Crippen LogP contribution in [-0.2, 0) is 5.41 Å². The fraction of sp³-hybridized carbons (Fsp3) is 0.647. The summed E-state index contributed by atoms with van der Waals surface area (Å²) in [6.07, 6.45) is 5.26. The van der Waals surface area contributed by atoms with Crippen molar-refractivity contribution in [1.82, 2.24) is 5.32 Å². The second kappa shape index (κ2) is 4.52. The molecule has 0 heterocycles. The first-order valence-corrected chi connectivity index (χ1v) is 7.41. The Morgan fingerprint density at radius 2 is 2.00 bits per heavy atom. The van der Waals surface area contributed by atoms with Crippen molar-refractivity contribution >= 4 is 0 Å². The monoisotopic (exact) mass is 259 g/mol. The van der Waals surface area contributed by atoms with Crippen LogP contribution < -0.4 is 10.1 Å². The zero-order valence-electron chi connectivity index (χ0n) is 12.3. The highest BCUT2D eigenvalue weighted by Crippen LogP contribution is 2.55. The summed E-state index contributed by atoms with van der Waals surface area (Å²) >= 11 is 0. The van der Waals surface area contributed by atoms with Gasteiger partial charge < -0.3 is 10.1 Å². The Kier molecular flexibility index (Phi) is 3.09. The van der Waals surface area contributed by atoms with E-state index in [-0.39, 0.29) is 0 Å². The largest absolute Gasteiger partial charge is 0.497 e. The van der Waals surface area contributed by atoms with E-state index >= 15 is 0 Å². The number of rotatable bonds is 5. The van der Waals surface area contributed by atoms with Crippen molar-refractivity contribution in [2.45, 2.75) is 51.0 Å². The van der Waals surface area contributed by atoms with Crippen LogP contribution in [0.25, 0.3) is 0 Å². The third kappa shape index (κ3) is 2.64. The van der Waals surface area contributed by atoms with E-state index in [9.17, 15) is 0 Å². The molecule has 2 aliphatic carbocycles. The van der Waals surface area contributed by atoms with Gasteiger partial charge in [-0.1, -0.05) is 26.0 Å². The Balaban J connectivity index is 1.81. The van der Waals surface area contributed by atoms with E-state index in [2.05, 4.69) is 37.4 Å². The molecule has 0 aromatic heterocycles. The number of hydrogen-bond acceptors (Lipinski definition) is 2. The zero-order chi connectivity index (χ0) is 13.5. The molecule has 0 aliphatic heterocycles. The number of ether oxygens (including phenoxy) is 1. The topological polar surface area (TPSA) is 21.3 Å². The maximum atomic E-state index is 5.39. The van der Waals surface area contributed by atoms with Crippen molar-refractivity contribution in [2.24, 2.45) is 5.41 Å². The number of hydrogen-bond donors (Lipinski definition) is 1. The van der Waals surface area contributed by atoms with Gasteiger partial charge in [-0.25, -0.2) is 0 Å². The third-order valence-corrected chi connectivity index (χ3v) is 4.62. The van der Waals surface area contributed by atoms with Crippen molar-refractivity contribution in [1.29, 1.82) is 0 Å². The molecule has 1 N–H and O–H groups in total. The SMILES string of the molecule is COc1cccc(C2(CNC3CC3)CC(C)(C)C2)c1. The van der Waals surface area contributed by atoms with Crippen LogP contribution in [-0.4, -0.2) is 19.7 Å². The smallest absolute Gasteiger partial charge is 0.119 e. The normalized spacial score (nSPS) is 23.7. The Hall–Kier alpha value is -1.02. The van der Waals surface area contributed by atoms with Gasteiger partial charge in [0.25, 0.3) is 0 Å². The summed E-state index contributed by atoms with van der Waals surface area (Å²) in [7, 11) is 1.75. The molecular weight excluding hydrogens is 234 g/mol. The standard InChI is InChI=1S/C17H25NO/c1-16(2)10-17(11-16,12-18-14-7-8-14)13-5-4-6-15(9-13)19-3/h4-6,9,14,18H,7-8,10-12H2,1-3H3. The van der Waals surface area contributed by atoms with Gasteiger partial charge >= 0.3 is 0 Å². The molecule has 3 rings (SSSR count). The molecule has 1 aromatic carbocycles. The summed E-state index contributed by atoms with van der Waals surface area (Å²) in [5.74, 6) is 0.980. The lowest BCUT2D eigenvalue weighted by molar-refractivity contribution is 0.0558. The van der Waals surface area contributed by atoms with E-state index in [0.29, 0.717) is 10.8 Å². The minimum absolute atomic E-state index is 0.320. The number of nitrogens with one attached hydrogen (secondary N) is 1. The van der Waals surface area contributed by atoms with Gasteiger partial charge in [-0.2, -0.15) is 0 Å². The van der Waals surface area contributed by atoms with Gasteiger partial charge in [0, 0.05) is 18.0 Å². The fourth-order valence-corrected chi connectivity index (χ4v) is 3.79. The first-order valence-electron chi connectivity index (χ1n) is 7.41. The highest BCUT2D eigenvalue weighted by molar-refractivity contribution is 5.37. The third-order valence-electron chi connectivity index (χ3n) is 4.62. The summed E-state index contributed by atoms with van der Waals surface area (Å²) in [6.45, 7) is 5.87. The van der Waals surface area contributed by atoms with Crippen molar-refractivity contribution < 1.29 is 4.74 Å². The van der Waals surface area contributed by atoms with Crippen LogP contribution in [0, 0.1) is 5.41 Å². The highest BCUT2D eigenvalue weighted by Gasteiger charge is 2.50. The molecule has 2 fully saturated rings. The Labute approximate surface area is 116 Å². The average molecular weight is 259 g/mol. The molecule has 0 saturated heterocycles. The molecule has 2 saturated carbocycles. The van der Waals surface area contributed by atoms with Gasteiger partial charge in [-0.15, -0.1) is 0 Å². The van der Waals surface area contributed by atoms with E-state index in [1.165, 1.54) is 31.2 Å². The fourth-order valence-electron chi connectivity index (χ4n) is 3.79. The molecule has 0 spiro atoms. The summed E-state index contributed by atoms with van der Waals surface area (Å²) in [5.41, 5.74) is 2.24. The first kappa shape index (κ1) is 13.0. The lowest BCUT2D eigenvalue weighted by Gasteiger charge is -2.54. The molecule has 2 aliphatic rings. The van der Waals surface area contributed by atoms with Crippen molar-refractivity contribution in [2.75, 3.05) is 13.7 Å². The van der Waals surface area contributed by atoms with Gasteiger partial charge in [0.05, 0.1) is 7.11 Å². The lowest BCUT2D eigenvalue weighted by atomic mass is 9.52. The summed E-state index contributed by atoms with van der Waals surface area (Å²) in [5, 5.41) is 3.73. The van der Waals surface area contributed by atoms with Gasteiger partial charge in [0.2, 0.25) is 0 Å². The van der Waals surface area contributed by atoms with Gasteiger partial charge in [-0.05, 0) is 48.8 Å². The Morgan fingerprint density at radius 3 is 2.58 bits per heavy atom. The van der Waals surface area contributed by atoms with E-state index < -0.39 is 0 Å². The van der Waals surface area contributed by atoms with Crippen LogP contribution in [0.4, 0.5) is 0 Å². The van der Waals surface area contributed by atoms with Crippen LogP contribution in [0.3, 0.4) is 0 Å². The van der Waals surface area contributed by atoms with Gasteiger partial charge in [0.1, 0.15) is 5.75 Å². The first-order chi connectivity index (χ1) is 9.03. The summed E-state index contributed by atoms with van der Waals surface area (Å²) < 4.78 is 5.39. The van der Waals surface area contributed by atoms with Crippen LogP contribution in [0.1, 0.15) is 45.1 Å².